The number of ketones is 1. The monoisotopic (exact) mass is 772 g/mol. The molecule has 0 aromatic heterocycles. The van der Waals surface area contributed by atoms with Crippen molar-refractivity contribution in [1.29, 1.82) is 0 Å². The van der Waals surface area contributed by atoms with Gasteiger partial charge in [0.15, 0.2) is 24.4 Å². The van der Waals surface area contributed by atoms with Gasteiger partial charge in [-0.1, -0.05) is 32.0 Å². The molecule has 12 atom stereocenters. The van der Waals surface area contributed by atoms with Crippen LogP contribution in [0, 0.1) is 34.5 Å². The fraction of sp³-hybridized carbons (Fsp3) is 0.641. The van der Waals surface area contributed by atoms with Crippen molar-refractivity contribution in [2.24, 2.45) is 34.5 Å². The molecule has 4 aliphatic carbocycles. The van der Waals surface area contributed by atoms with Crippen LogP contribution in [0.2, 0.25) is 0 Å². The molecule has 0 unspecified atom stereocenters. The van der Waals surface area contributed by atoms with Crippen LogP contribution in [0.5, 0.6) is 0 Å². The number of fused-ring (bicyclic) bond motifs is 5. The van der Waals surface area contributed by atoms with Crippen LogP contribution in [0.1, 0.15) is 85.5 Å². The molecule has 4 fully saturated rings. The van der Waals surface area contributed by atoms with Crippen molar-refractivity contribution in [3.8, 4) is 0 Å². The first-order valence-electron chi connectivity index (χ1n) is 18.1. The average molecular weight is 773 g/mol. The maximum Gasteiger partial charge on any atom is 0.345 e. The molecule has 5 rings (SSSR count). The minimum Gasteiger partial charge on any atom is -0.461 e. The second kappa shape index (κ2) is 14.7. The Balaban J connectivity index is 1.90. The molecule has 1 N–H and O–H groups in total. The van der Waals surface area contributed by atoms with Gasteiger partial charge in [0.05, 0.1) is 22.3 Å². The van der Waals surface area contributed by atoms with E-state index in [1.54, 1.807) is 39.0 Å². The number of aliphatic hydroxyl groups is 1. The fourth-order valence-electron chi connectivity index (χ4n) is 10.2. The van der Waals surface area contributed by atoms with E-state index in [0.717, 1.165) is 34.6 Å². The number of Topliss-reactive ketones (excluding diaryl/α,β-unsaturated/α-hetero) is 1. The molecule has 4 saturated carbocycles. The molecule has 2 bridgehead atoms. The first kappa shape index (κ1) is 41.3. The van der Waals surface area contributed by atoms with Crippen LogP contribution in [0.15, 0.2) is 30.3 Å². The SMILES string of the molecule is CC(=O)OCC(=O)O[C@@]12C[C@H]3C(=O)C(C)(C)[C@@H](OC(C)=O)[C@@H]3[C@@](C)([C@@H]1OC(C)=O)[C@@H](OC(C)=O)[C@@]1(O)C[C@H](C)[C@H](OC(=O)c3ccccc3)[C@@H]1[C@H]2OC(C)=O. The Hall–Kier alpha value is -4.86. The van der Waals surface area contributed by atoms with Crippen LogP contribution in [0.3, 0.4) is 0 Å². The summed E-state index contributed by atoms with van der Waals surface area (Å²) in [6, 6.07) is 7.90. The lowest BCUT2D eigenvalue weighted by Crippen LogP contribution is -2.72. The Labute approximate surface area is 317 Å². The summed E-state index contributed by atoms with van der Waals surface area (Å²) in [7, 11) is 0. The molecule has 0 amide bonds. The Morgan fingerprint density at radius 1 is 0.709 bits per heavy atom. The molecule has 16 nitrogen and oxygen atoms in total. The van der Waals surface area contributed by atoms with E-state index >= 15 is 0 Å². The molecule has 1 aromatic rings. The molecular weight excluding hydrogens is 724 g/mol. The lowest BCUT2D eigenvalue weighted by atomic mass is 9.53. The van der Waals surface area contributed by atoms with E-state index in [1.165, 1.54) is 19.1 Å². The molecule has 4 aliphatic rings. The van der Waals surface area contributed by atoms with Gasteiger partial charge in [-0.3, -0.25) is 28.8 Å². The number of hydrogen-bond acceptors (Lipinski definition) is 16. The first-order valence-corrected chi connectivity index (χ1v) is 18.1. The number of carbonyl (C=O) groups excluding carboxylic acids is 8. The van der Waals surface area contributed by atoms with Gasteiger partial charge in [0, 0.05) is 52.9 Å². The lowest BCUT2D eigenvalue weighted by Gasteiger charge is -2.58. The Morgan fingerprint density at radius 2 is 1.25 bits per heavy atom. The van der Waals surface area contributed by atoms with Gasteiger partial charge < -0.3 is 38.3 Å². The second-order valence-electron chi connectivity index (χ2n) is 16.0. The average Bonchev–Trinajstić information content (AvgIpc) is 3.42. The van der Waals surface area contributed by atoms with Crippen LogP contribution in [-0.4, -0.2) is 101 Å². The third-order valence-electron chi connectivity index (χ3n) is 11.8. The molecule has 300 valence electrons. The zero-order valence-electron chi connectivity index (χ0n) is 32.3. The summed E-state index contributed by atoms with van der Waals surface area (Å²) in [4.78, 5) is 107. The van der Waals surface area contributed by atoms with Gasteiger partial charge >= 0.3 is 41.8 Å². The van der Waals surface area contributed by atoms with E-state index in [2.05, 4.69) is 0 Å². The predicted octanol–water partition coefficient (Wildman–Crippen LogP) is 2.44. The van der Waals surface area contributed by atoms with Crippen molar-refractivity contribution < 1.29 is 76.6 Å². The predicted molar refractivity (Wildman–Crippen MR) is 184 cm³/mol. The summed E-state index contributed by atoms with van der Waals surface area (Å²) in [6.45, 7) is 10.6. The van der Waals surface area contributed by atoms with Crippen molar-refractivity contribution in [3.05, 3.63) is 35.9 Å². The third-order valence-corrected chi connectivity index (χ3v) is 11.8. The van der Waals surface area contributed by atoms with E-state index < -0.39 is 137 Å². The number of carbonyl (C=O) groups is 8. The summed E-state index contributed by atoms with van der Waals surface area (Å²) >= 11 is 0. The highest BCUT2D eigenvalue weighted by Crippen LogP contribution is 2.69. The number of ether oxygens (including phenoxy) is 7. The van der Waals surface area contributed by atoms with Crippen molar-refractivity contribution >= 4 is 47.6 Å². The van der Waals surface area contributed by atoms with Crippen molar-refractivity contribution in [3.63, 3.8) is 0 Å². The van der Waals surface area contributed by atoms with E-state index in [1.807, 2.05) is 0 Å². The molecular formula is C39H48O16. The minimum atomic E-state index is -2.43. The normalized spacial score (nSPS) is 36.8. The third kappa shape index (κ3) is 6.97. The van der Waals surface area contributed by atoms with Gasteiger partial charge in [-0.15, -0.1) is 0 Å². The molecule has 1 aromatic carbocycles. The van der Waals surface area contributed by atoms with Crippen LogP contribution >= 0.6 is 0 Å². The summed E-state index contributed by atoms with van der Waals surface area (Å²) < 4.78 is 41.5. The van der Waals surface area contributed by atoms with Gasteiger partial charge in [0.1, 0.15) is 29.7 Å². The van der Waals surface area contributed by atoms with Crippen LogP contribution in [0.25, 0.3) is 0 Å². The summed E-state index contributed by atoms with van der Waals surface area (Å²) in [5.74, 6) is -11.8. The maximum atomic E-state index is 14.7. The fourth-order valence-corrected chi connectivity index (χ4v) is 10.2. The first-order chi connectivity index (χ1) is 25.5. The highest BCUT2D eigenvalue weighted by Gasteiger charge is 2.84. The van der Waals surface area contributed by atoms with Gasteiger partial charge in [-0.25, -0.2) is 9.59 Å². The zero-order valence-corrected chi connectivity index (χ0v) is 32.3. The molecule has 55 heavy (non-hydrogen) atoms. The topological polar surface area (TPSA) is 221 Å². The highest BCUT2D eigenvalue weighted by atomic mass is 16.6. The number of rotatable bonds is 9. The quantitative estimate of drug-likeness (QED) is 0.281. The molecule has 0 aliphatic heterocycles. The van der Waals surface area contributed by atoms with E-state index in [9.17, 15) is 43.5 Å². The standard InChI is InChI=1S/C39H48O16/c1-18-15-38(48)28(29(18)54-33(47)24-13-11-10-12-14-24)32(51-21(4)42)39(55-26(45)17-49-19(2)40)16-25-27(31(50-20(3)41)36(7,8)30(25)46)37(9,34(38)52-22(5)43)35(39)53-23(6)44/h10-14,18,25,27-29,31-32,34-35,48H,15-17H2,1-9H3/t18-,25+,27+,28+,29-,31-,32+,34+,35-,37+,38+,39+/m0/s1. The molecule has 0 saturated heterocycles. The second-order valence-corrected chi connectivity index (χ2v) is 16.0. The summed E-state index contributed by atoms with van der Waals surface area (Å²) in [5, 5.41) is 13.4. The molecule has 0 heterocycles. The Kier molecular flexibility index (Phi) is 11.0. The Bertz CT molecular complexity index is 1770. The van der Waals surface area contributed by atoms with Crippen molar-refractivity contribution in [2.75, 3.05) is 6.61 Å². The molecule has 16 heteroatoms. The number of benzene rings is 1. The smallest absolute Gasteiger partial charge is 0.345 e. The van der Waals surface area contributed by atoms with Gasteiger partial charge in [0.2, 0.25) is 0 Å². The van der Waals surface area contributed by atoms with Gasteiger partial charge in [-0.2, -0.15) is 0 Å². The highest BCUT2D eigenvalue weighted by molar-refractivity contribution is 5.91. The van der Waals surface area contributed by atoms with E-state index in [4.69, 9.17) is 33.2 Å². The van der Waals surface area contributed by atoms with Gasteiger partial charge in [-0.05, 0) is 38.3 Å². The van der Waals surface area contributed by atoms with Crippen molar-refractivity contribution in [1.82, 2.24) is 0 Å². The maximum absolute atomic E-state index is 14.7. The van der Waals surface area contributed by atoms with Gasteiger partial charge in [0.25, 0.3) is 0 Å². The van der Waals surface area contributed by atoms with Crippen molar-refractivity contribution in [2.45, 2.75) is 117 Å². The molecule has 0 radical (unpaired) electrons. The van der Waals surface area contributed by atoms with Crippen LogP contribution in [-0.2, 0) is 66.7 Å². The summed E-state index contributed by atoms with van der Waals surface area (Å²) in [5.41, 5.74) is -8.11. The van der Waals surface area contributed by atoms with Crippen LogP contribution in [0.4, 0.5) is 0 Å². The van der Waals surface area contributed by atoms with E-state index in [-0.39, 0.29) is 12.0 Å². The Morgan fingerprint density at radius 3 is 1.80 bits per heavy atom. The number of esters is 7. The van der Waals surface area contributed by atoms with E-state index in [0.29, 0.717) is 0 Å². The van der Waals surface area contributed by atoms with Crippen LogP contribution < -0.4 is 0 Å². The largest absolute Gasteiger partial charge is 0.461 e. The minimum absolute atomic E-state index is 0.136. The number of hydrogen-bond donors (Lipinski definition) is 1. The zero-order chi connectivity index (χ0) is 41.0. The lowest BCUT2D eigenvalue weighted by molar-refractivity contribution is -0.277. The molecule has 0 spiro atoms. The summed E-state index contributed by atoms with van der Waals surface area (Å²) in [6.07, 6.45) is -8.99.